The number of aromatic nitrogens is 1. The number of carbonyl (C=O) groups excluding carboxylic acids is 2. The van der Waals surface area contributed by atoms with Gasteiger partial charge in [0.15, 0.2) is 5.78 Å². The van der Waals surface area contributed by atoms with Crippen LogP contribution in [0, 0.1) is 0 Å². The highest BCUT2D eigenvalue weighted by molar-refractivity contribution is 6.01. The van der Waals surface area contributed by atoms with E-state index in [1.165, 1.54) is 13.2 Å². The second-order valence-electron chi connectivity index (χ2n) is 5.33. The average molecular weight is 297 g/mol. The fraction of sp³-hybridized carbons (Fsp3) is 0.235. The summed E-state index contributed by atoms with van der Waals surface area (Å²) in [4.78, 5) is 38.6. The molecule has 0 radical (unpaired) electrons. The van der Waals surface area contributed by atoms with Gasteiger partial charge in [-0.2, -0.15) is 0 Å². The SMILES string of the molecule is COC(=O)c1cc2c([nH]c1=O)CC(c1ccccc1)CC2=O. The Morgan fingerprint density at radius 1 is 1.18 bits per heavy atom. The molecule has 1 atom stereocenters. The molecular formula is C17H15NO4. The Hall–Kier alpha value is -2.69. The molecule has 1 unspecified atom stereocenters. The van der Waals surface area contributed by atoms with Crippen molar-refractivity contribution in [2.45, 2.75) is 18.8 Å². The fourth-order valence-electron chi connectivity index (χ4n) is 2.85. The van der Waals surface area contributed by atoms with Crippen LogP contribution < -0.4 is 5.56 Å². The van der Waals surface area contributed by atoms with Crippen molar-refractivity contribution in [3.8, 4) is 0 Å². The number of nitrogens with one attached hydrogen (secondary N) is 1. The zero-order chi connectivity index (χ0) is 15.7. The van der Waals surface area contributed by atoms with E-state index >= 15 is 0 Å². The molecule has 5 nitrogen and oxygen atoms in total. The van der Waals surface area contributed by atoms with Gasteiger partial charge >= 0.3 is 5.97 Å². The normalized spacial score (nSPS) is 17.0. The van der Waals surface area contributed by atoms with Crippen molar-refractivity contribution in [3.63, 3.8) is 0 Å². The molecular weight excluding hydrogens is 282 g/mol. The van der Waals surface area contributed by atoms with Crippen LogP contribution in [-0.2, 0) is 11.2 Å². The van der Waals surface area contributed by atoms with Gasteiger partial charge in [-0.25, -0.2) is 4.79 Å². The number of methoxy groups -OCH3 is 1. The minimum atomic E-state index is -0.734. The zero-order valence-corrected chi connectivity index (χ0v) is 12.1. The lowest BCUT2D eigenvalue weighted by atomic mass is 9.81. The van der Waals surface area contributed by atoms with E-state index in [4.69, 9.17) is 0 Å². The Morgan fingerprint density at radius 2 is 1.91 bits per heavy atom. The van der Waals surface area contributed by atoms with Gasteiger partial charge < -0.3 is 9.72 Å². The van der Waals surface area contributed by atoms with Gasteiger partial charge in [0.2, 0.25) is 0 Å². The molecule has 2 aromatic rings. The monoisotopic (exact) mass is 297 g/mol. The Balaban J connectivity index is 2.01. The second kappa shape index (κ2) is 5.60. The van der Waals surface area contributed by atoms with E-state index in [1.54, 1.807) is 0 Å². The molecule has 5 heteroatoms. The minimum Gasteiger partial charge on any atom is -0.465 e. The predicted octanol–water partition coefficient (Wildman–Crippen LogP) is 2.07. The van der Waals surface area contributed by atoms with Crippen molar-refractivity contribution in [1.82, 2.24) is 4.98 Å². The summed E-state index contributed by atoms with van der Waals surface area (Å²) >= 11 is 0. The standard InChI is InChI=1S/C17H15NO4/c1-22-17(21)13-9-12-14(18-16(13)20)7-11(8-15(12)19)10-5-3-2-4-6-10/h2-6,9,11H,7-8H2,1H3,(H,18,20). The first kappa shape index (κ1) is 14.3. The first-order valence-electron chi connectivity index (χ1n) is 7.03. The second-order valence-corrected chi connectivity index (χ2v) is 5.33. The Morgan fingerprint density at radius 3 is 2.59 bits per heavy atom. The van der Waals surface area contributed by atoms with Crippen LogP contribution in [0.1, 0.15) is 44.3 Å². The summed E-state index contributed by atoms with van der Waals surface area (Å²) in [5.74, 6) is -0.764. The number of hydrogen-bond acceptors (Lipinski definition) is 4. The van der Waals surface area contributed by atoms with E-state index in [2.05, 4.69) is 9.72 Å². The van der Waals surface area contributed by atoms with Crippen molar-refractivity contribution < 1.29 is 14.3 Å². The summed E-state index contributed by atoms with van der Waals surface area (Å²) in [5.41, 5.74) is 1.41. The Kier molecular flexibility index (Phi) is 3.63. The summed E-state index contributed by atoms with van der Waals surface area (Å²) in [6.07, 6.45) is 0.936. The largest absolute Gasteiger partial charge is 0.465 e. The molecule has 1 aliphatic rings. The lowest BCUT2D eigenvalue weighted by Crippen LogP contribution is -2.27. The molecule has 1 aromatic carbocycles. The third kappa shape index (κ3) is 2.45. The fourth-order valence-corrected chi connectivity index (χ4v) is 2.85. The molecule has 0 bridgehead atoms. The van der Waals surface area contributed by atoms with Gasteiger partial charge in [0, 0.05) is 17.7 Å². The molecule has 0 spiro atoms. The summed E-state index contributed by atoms with van der Waals surface area (Å²) in [7, 11) is 1.20. The van der Waals surface area contributed by atoms with Crippen molar-refractivity contribution in [3.05, 3.63) is 69.1 Å². The van der Waals surface area contributed by atoms with Gasteiger partial charge in [0.25, 0.3) is 5.56 Å². The molecule has 0 saturated heterocycles. The Bertz CT molecular complexity index is 792. The highest BCUT2D eigenvalue weighted by Crippen LogP contribution is 2.31. The maximum absolute atomic E-state index is 12.4. The number of ketones is 1. The van der Waals surface area contributed by atoms with E-state index in [0.717, 1.165) is 5.56 Å². The number of H-pyrrole nitrogens is 1. The highest BCUT2D eigenvalue weighted by atomic mass is 16.5. The molecule has 1 aliphatic carbocycles. The van der Waals surface area contributed by atoms with E-state index in [0.29, 0.717) is 24.1 Å². The predicted molar refractivity (Wildman–Crippen MR) is 80.2 cm³/mol. The van der Waals surface area contributed by atoms with E-state index in [-0.39, 0.29) is 17.3 Å². The lowest BCUT2D eigenvalue weighted by Gasteiger charge is -2.23. The number of pyridine rings is 1. The third-order valence-electron chi connectivity index (χ3n) is 3.98. The van der Waals surface area contributed by atoms with Crippen LogP contribution in [-0.4, -0.2) is 23.8 Å². The van der Waals surface area contributed by atoms with Crippen LogP contribution in [0.4, 0.5) is 0 Å². The first-order valence-corrected chi connectivity index (χ1v) is 7.03. The number of hydrogen-bond donors (Lipinski definition) is 1. The summed E-state index contributed by atoms with van der Waals surface area (Å²) in [6, 6.07) is 11.1. The highest BCUT2D eigenvalue weighted by Gasteiger charge is 2.28. The van der Waals surface area contributed by atoms with Gasteiger partial charge in [0.05, 0.1) is 7.11 Å². The lowest BCUT2D eigenvalue weighted by molar-refractivity contribution is 0.0598. The van der Waals surface area contributed by atoms with Crippen LogP contribution in [0.25, 0.3) is 0 Å². The average Bonchev–Trinajstić information content (AvgIpc) is 2.54. The summed E-state index contributed by atoms with van der Waals surface area (Å²) in [5, 5.41) is 0. The van der Waals surface area contributed by atoms with Gasteiger partial charge in [-0.15, -0.1) is 0 Å². The molecule has 112 valence electrons. The molecule has 22 heavy (non-hydrogen) atoms. The van der Waals surface area contributed by atoms with E-state index in [9.17, 15) is 14.4 Å². The quantitative estimate of drug-likeness (QED) is 0.861. The van der Waals surface area contributed by atoms with Crippen LogP contribution >= 0.6 is 0 Å². The zero-order valence-electron chi connectivity index (χ0n) is 12.1. The number of fused-ring (bicyclic) bond motifs is 1. The third-order valence-corrected chi connectivity index (χ3v) is 3.98. The molecule has 0 saturated carbocycles. The molecule has 1 heterocycles. The minimum absolute atomic E-state index is 0.0424. The molecule has 1 N–H and O–H groups in total. The van der Waals surface area contributed by atoms with Crippen LogP contribution in [0.3, 0.4) is 0 Å². The van der Waals surface area contributed by atoms with Crippen LogP contribution in [0.15, 0.2) is 41.2 Å². The maximum atomic E-state index is 12.4. The number of ether oxygens (including phenoxy) is 1. The molecule has 0 amide bonds. The van der Waals surface area contributed by atoms with Crippen molar-refractivity contribution in [1.29, 1.82) is 0 Å². The number of esters is 1. The van der Waals surface area contributed by atoms with Gasteiger partial charge in [-0.05, 0) is 24.0 Å². The number of benzene rings is 1. The molecule has 0 aliphatic heterocycles. The van der Waals surface area contributed by atoms with Crippen molar-refractivity contribution >= 4 is 11.8 Å². The van der Waals surface area contributed by atoms with Crippen molar-refractivity contribution in [2.24, 2.45) is 0 Å². The summed E-state index contributed by atoms with van der Waals surface area (Å²) < 4.78 is 4.56. The molecule has 3 rings (SSSR count). The van der Waals surface area contributed by atoms with Crippen LogP contribution in [0.5, 0.6) is 0 Å². The van der Waals surface area contributed by atoms with Gasteiger partial charge in [-0.1, -0.05) is 30.3 Å². The van der Waals surface area contributed by atoms with Crippen LogP contribution in [0.2, 0.25) is 0 Å². The smallest absolute Gasteiger partial charge is 0.343 e. The van der Waals surface area contributed by atoms with E-state index < -0.39 is 11.5 Å². The topological polar surface area (TPSA) is 76.2 Å². The van der Waals surface area contributed by atoms with Gasteiger partial charge in [0.1, 0.15) is 5.56 Å². The maximum Gasteiger partial charge on any atom is 0.343 e. The number of carbonyl (C=O) groups is 2. The number of aromatic amines is 1. The molecule has 1 aromatic heterocycles. The van der Waals surface area contributed by atoms with Crippen molar-refractivity contribution in [2.75, 3.05) is 7.11 Å². The summed E-state index contributed by atoms with van der Waals surface area (Å²) in [6.45, 7) is 0. The number of rotatable bonds is 2. The Labute approximate surface area is 126 Å². The van der Waals surface area contributed by atoms with E-state index in [1.807, 2.05) is 30.3 Å². The molecule has 0 fully saturated rings. The van der Waals surface area contributed by atoms with Gasteiger partial charge in [-0.3, -0.25) is 9.59 Å². The first-order chi connectivity index (χ1) is 10.6. The number of Topliss-reactive ketones (excluding diaryl/α,β-unsaturated/α-hetero) is 1.